The summed E-state index contributed by atoms with van der Waals surface area (Å²) < 4.78 is 16.8. The predicted octanol–water partition coefficient (Wildman–Crippen LogP) is 1.44. The molecule has 0 spiro atoms. The van der Waals surface area contributed by atoms with E-state index in [0.29, 0.717) is 36.5 Å². The Hall–Kier alpha value is -4.09. The predicted molar refractivity (Wildman–Crippen MR) is 125 cm³/mol. The molecule has 2 amide bonds. The molecular formula is C24H26FN7O4. The molecule has 2 aromatic heterocycles. The summed E-state index contributed by atoms with van der Waals surface area (Å²) in [5.41, 5.74) is -1.07. The highest BCUT2D eigenvalue weighted by Crippen LogP contribution is 2.42. The van der Waals surface area contributed by atoms with Crippen LogP contribution in [0.2, 0.25) is 0 Å². The third-order valence-electron chi connectivity index (χ3n) is 7.04. The van der Waals surface area contributed by atoms with Gasteiger partial charge in [0.15, 0.2) is 5.69 Å². The zero-order valence-electron chi connectivity index (χ0n) is 19.9. The molecule has 1 fully saturated rings. The number of amides is 2. The van der Waals surface area contributed by atoms with Crippen LogP contribution in [0.1, 0.15) is 60.3 Å². The second kappa shape index (κ2) is 8.85. The van der Waals surface area contributed by atoms with Crippen molar-refractivity contribution < 1.29 is 19.1 Å². The fourth-order valence-electron chi connectivity index (χ4n) is 5.27. The SMILES string of the molecule is CC(=O)NC12CCC(CC1)Cn1c2nc(C(=O)NCc2ccc(F)cc2-n2ncnc2C)c(O)c1=O. The minimum Gasteiger partial charge on any atom is -0.501 e. The number of aromatic nitrogens is 5. The Bertz CT molecular complexity index is 1420. The van der Waals surface area contributed by atoms with Crippen molar-refractivity contribution in [2.75, 3.05) is 0 Å². The van der Waals surface area contributed by atoms with Gasteiger partial charge in [0.25, 0.3) is 11.5 Å². The maximum atomic E-state index is 14.0. The number of nitrogens with zero attached hydrogens (tertiary/aromatic N) is 5. The highest BCUT2D eigenvalue weighted by molar-refractivity contribution is 5.94. The normalized spacial score (nSPS) is 20.5. The molecule has 2 aliphatic heterocycles. The third-order valence-corrected chi connectivity index (χ3v) is 7.04. The van der Waals surface area contributed by atoms with E-state index in [9.17, 15) is 23.9 Å². The number of aromatic hydroxyl groups is 1. The fourth-order valence-corrected chi connectivity index (χ4v) is 5.27. The van der Waals surface area contributed by atoms with Gasteiger partial charge in [0.05, 0.1) is 11.2 Å². The Kier molecular flexibility index (Phi) is 5.81. The lowest BCUT2D eigenvalue weighted by molar-refractivity contribution is -0.121. The van der Waals surface area contributed by atoms with E-state index in [-0.39, 0.29) is 24.2 Å². The molecule has 188 valence electrons. The van der Waals surface area contributed by atoms with E-state index >= 15 is 0 Å². The average molecular weight is 496 g/mol. The molecule has 6 rings (SSSR count). The molecule has 0 atom stereocenters. The lowest BCUT2D eigenvalue weighted by atomic mass is 9.77. The van der Waals surface area contributed by atoms with E-state index in [2.05, 4.69) is 25.7 Å². The van der Waals surface area contributed by atoms with Crippen LogP contribution in [0.25, 0.3) is 5.69 Å². The van der Waals surface area contributed by atoms with Crippen molar-refractivity contribution in [3.63, 3.8) is 0 Å². The summed E-state index contributed by atoms with van der Waals surface area (Å²) in [5.74, 6) is -1.22. The van der Waals surface area contributed by atoms with E-state index in [4.69, 9.17) is 0 Å². The zero-order valence-corrected chi connectivity index (χ0v) is 19.9. The number of hydrogen-bond acceptors (Lipinski definition) is 7. The first-order valence-corrected chi connectivity index (χ1v) is 11.7. The first-order valence-electron chi connectivity index (χ1n) is 11.7. The maximum Gasteiger partial charge on any atom is 0.296 e. The van der Waals surface area contributed by atoms with E-state index in [0.717, 1.165) is 12.8 Å². The number of aryl methyl sites for hydroxylation is 1. The topological polar surface area (TPSA) is 144 Å². The van der Waals surface area contributed by atoms with Crippen LogP contribution in [-0.4, -0.2) is 41.2 Å². The van der Waals surface area contributed by atoms with Gasteiger partial charge in [-0.05, 0) is 56.2 Å². The molecular weight excluding hydrogens is 469 g/mol. The minimum atomic E-state index is -0.879. The first-order chi connectivity index (χ1) is 17.2. The molecule has 0 unspecified atom stereocenters. The van der Waals surface area contributed by atoms with Gasteiger partial charge in [-0.3, -0.25) is 19.0 Å². The van der Waals surface area contributed by atoms with Crippen LogP contribution in [0.5, 0.6) is 5.75 Å². The molecule has 2 bridgehead atoms. The average Bonchev–Trinajstić information content (AvgIpc) is 3.14. The lowest BCUT2D eigenvalue weighted by Gasteiger charge is -2.36. The summed E-state index contributed by atoms with van der Waals surface area (Å²) in [5, 5.41) is 20.4. The van der Waals surface area contributed by atoms with Gasteiger partial charge in [0, 0.05) is 20.0 Å². The number of halogens is 1. The van der Waals surface area contributed by atoms with E-state index in [1.165, 1.54) is 40.7 Å². The van der Waals surface area contributed by atoms with Gasteiger partial charge in [-0.15, -0.1) is 0 Å². The molecule has 1 aromatic carbocycles. The number of hydrogen-bond donors (Lipinski definition) is 3. The smallest absolute Gasteiger partial charge is 0.296 e. The van der Waals surface area contributed by atoms with E-state index in [1.54, 1.807) is 6.92 Å². The van der Waals surface area contributed by atoms with Crippen LogP contribution < -0.4 is 16.2 Å². The standard InChI is InChI=1S/C24H26FN7O4/c1-13-27-12-28-32(13)18-9-17(25)4-3-16(18)10-26-21(35)19-20(34)22(36)31-11-15-5-7-24(8-6-15,23(31)29-19)30-14(2)33/h3-4,9,12,15,34H,5-8,10-11H2,1-2H3,(H,26,35)(H,30,33). The summed E-state index contributed by atoms with van der Waals surface area (Å²) in [6.07, 6.45) is 4.10. The van der Waals surface area contributed by atoms with Crippen LogP contribution in [0.4, 0.5) is 4.39 Å². The number of carbonyl (C=O) groups is 2. The molecule has 1 saturated carbocycles. The van der Waals surface area contributed by atoms with Crippen LogP contribution >= 0.6 is 0 Å². The molecule has 4 heterocycles. The Labute approximate surface area is 205 Å². The highest BCUT2D eigenvalue weighted by Gasteiger charge is 2.45. The molecule has 3 N–H and O–H groups in total. The summed E-state index contributed by atoms with van der Waals surface area (Å²) >= 11 is 0. The van der Waals surface area contributed by atoms with Gasteiger partial charge in [-0.1, -0.05) is 6.07 Å². The maximum absolute atomic E-state index is 14.0. The summed E-state index contributed by atoms with van der Waals surface area (Å²) in [4.78, 5) is 46.8. The third kappa shape index (κ3) is 4.01. The Balaban J connectivity index is 1.49. The van der Waals surface area contributed by atoms with Crippen LogP contribution in [0.3, 0.4) is 0 Å². The molecule has 3 aliphatic rings. The highest BCUT2D eigenvalue weighted by atomic mass is 19.1. The second-order valence-electron chi connectivity index (χ2n) is 9.43. The molecule has 12 heteroatoms. The van der Waals surface area contributed by atoms with Gasteiger partial charge < -0.3 is 15.7 Å². The largest absolute Gasteiger partial charge is 0.501 e. The number of carbonyl (C=O) groups excluding carboxylic acids is 2. The monoisotopic (exact) mass is 495 g/mol. The minimum absolute atomic E-state index is 0.0494. The zero-order chi connectivity index (χ0) is 25.6. The quantitative estimate of drug-likeness (QED) is 0.486. The molecule has 3 aromatic rings. The summed E-state index contributed by atoms with van der Waals surface area (Å²) in [6.45, 7) is 3.43. The summed E-state index contributed by atoms with van der Waals surface area (Å²) in [6, 6.07) is 4.05. The van der Waals surface area contributed by atoms with Crippen LogP contribution in [0, 0.1) is 18.7 Å². The van der Waals surface area contributed by atoms with Crippen molar-refractivity contribution in [1.82, 2.24) is 34.9 Å². The molecule has 1 aliphatic carbocycles. The molecule has 36 heavy (non-hydrogen) atoms. The van der Waals surface area contributed by atoms with Crippen molar-refractivity contribution in [3.05, 3.63) is 63.6 Å². The Morgan fingerprint density at radius 1 is 1.28 bits per heavy atom. The Morgan fingerprint density at radius 3 is 2.69 bits per heavy atom. The number of rotatable bonds is 5. The molecule has 0 radical (unpaired) electrons. The molecule has 11 nitrogen and oxygen atoms in total. The van der Waals surface area contributed by atoms with Gasteiger partial charge >= 0.3 is 0 Å². The van der Waals surface area contributed by atoms with Crippen LogP contribution in [0.15, 0.2) is 29.3 Å². The first kappa shape index (κ1) is 23.6. The van der Waals surface area contributed by atoms with Gasteiger partial charge in [-0.2, -0.15) is 5.10 Å². The Morgan fingerprint density at radius 2 is 2.03 bits per heavy atom. The number of benzene rings is 1. The van der Waals surface area contributed by atoms with Gasteiger partial charge in [0.1, 0.15) is 23.8 Å². The van der Waals surface area contributed by atoms with Gasteiger partial charge in [-0.25, -0.2) is 19.0 Å². The van der Waals surface area contributed by atoms with E-state index < -0.39 is 34.3 Å². The van der Waals surface area contributed by atoms with Gasteiger partial charge in [0.2, 0.25) is 11.7 Å². The fraction of sp³-hybridized carbons (Fsp3) is 0.417. The number of nitrogens with one attached hydrogen (secondary N) is 2. The van der Waals surface area contributed by atoms with Crippen molar-refractivity contribution >= 4 is 11.8 Å². The van der Waals surface area contributed by atoms with Crippen molar-refractivity contribution in [2.45, 2.75) is 58.2 Å². The van der Waals surface area contributed by atoms with Crippen molar-refractivity contribution in [3.8, 4) is 11.4 Å². The summed E-state index contributed by atoms with van der Waals surface area (Å²) in [7, 11) is 0. The van der Waals surface area contributed by atoms with Crippen LogP contribution in [-0.2, 0) is 23.4 Å². The number of fused-ring (bicyclic) bond motifs is 2. The van der Waals surface area contributed by atoms with E-state index in [1.807, 2.05) is 0 Å². The van der Waals surface area contributed by atoms with Crippen molar-refractivity contribution in [1.29, 1.82) is 0 Å². The molecule has 0 saturated heterocycles. The van der Waals surface area contributed by atoms with Crippen molar-refractivity contribution in [2.24, 2.45) is 5.92 Å². The second-order valence-corrected chi connectivity index (χ2v) is 9.43. The lowest BCUT2D eigenvalue weighted by Crippen LogP contribution is -2.49.